The van der Waals surface area contributed by atoms with Crippen molar-refractivity contribution in [2.24, 2.45) is 10.9 Å². The van der Waals surface area contributed by atoms with Gasteiger partial charge in [-0.3, -0.25) is 9.79 Å². The quantitative estimate of drug-likeness (QED) is 0.451. The van der Waals surface area contributed by atoms with Crippen LogP contribution in [0.3, 0.4) is 0 Å². The molecule has 1 aliphatic rings. The molecule has 1 aromatic carbocycles. The fraction of sp³-hybridized carbons (Fsp3) is 0.440. The summed E-state index contributed by atoms with van der Waals surface area (Å²) in [7, 11) is 0. The molecule has 1 amide bonds. The number of hydrogen-bond acceptors (Lipinski definition) is 3. The molecule has 30 heavy (non-hydrogen) atoms. The van der Waals surface area contributed by atoms with Gasteiger partial charge in [0.2, 0.25) is 5.91 Å². The van der Waals surface area contributed by atoms with E-state index in [-0.39, 0.29) is 11.7 Å². The Morgan fingerprint density at radius 3 is 2.30 bits per heavy atom. The molecule has 0 atom stereocenters. The highest BCUT2D eigenvalue weighted by Crippen LogP contribution is 2.30. The van der Waals surface area contributed by atoms with Crippen molar-refractivity contribution < 1.29 is 9.18 Å². The Bertz CT molecular complexity index is 859. The van der Waals surface area contributed by atoms with E-state index in [1.807, 2.05) is 37.8 Å². The molecule has 4 nitrogen and oxygen atoms in total. The van der Waals surface area contributed by atoms with Gasteiger partial charge in [-0.1, -0.05) is 44.7 Å². The lowest BCUT2D eigenvalue weighted by molar-refractivity contribution is -0.133. The summed E-state index contributed by atoms with van der Waals surface area (Å²) < 4.78 is 14.6. The maximum atomic E-state index is 14.6. The molecule has 1 aliphatic heterocycles. The fourth-order valence-electron chi connectivity index (χ4n) is 3.89. The summed E-state index contributed by atoms with van der Waals surface area (Å²) >= 11 is 0. The Kier molecular flexibility index (Phi) is 8.58. The van der Waals surface area contributed by atoms with E-state index in [1.165, 1.54) is 12.3 Å². The second kappa shape index (κ2) is 10.9. The highest BCUT2D eigenvalue weighted by atomic mass is 19.1. The summed E-state index contributed by atoms with van der Waals surface area (Å²) in [6, 6.07) is 6.81. The van der Waals surface area contributed by atoms with E-state index in [0.717, 1.165) is 35.6 Å². The maximum absolute atomic E-state index is 14.6. The van der Waals surface area contributed by atoms with Crippen LogP contribution in [0.5, 0.6) is 0 Å². The van der Waals surface area contributed by atoms with Crippen LogP contribution >= 0.6 is 0 Å². The first kappa shape index (κ1) is 23.6. The lowest BCUT2D eigenvalue weighted by Crippen LogP contribution is -2.48. The van der Waals surface area contributed by atoms with Crippen molar-refractivity contribution in [2.75, 3.05) is 26.2 Å². The van der Waals surface area contributed by atoms with E-state index in [2.05, 4.69) is 30.3 Å². The minimum Gasteiger partial charge on any atom is -0.371 e. The van der Waals surface area contributed by atoms with Crippen molar-refractivity contribution in [2.45, 2.75) is 41.0 Å². The van der Waals surface area contributed by atoms with E-state index >= 15 is 0 Å². The van der Waals surface area contributed by atoms with Crippen LogP contribution < -0.4 is 0 Å². The fourth-order valence-corrected chi connectivity index (χ4v) is 3.89. The average molecular weight is 412 g/mol. The molecule has 2 rings (SSSR count). The molecular formula is C25H34FN3O. The van der Waals surface area contributed by atoms with Crippen LogP contribution in [0.1, 0.15) is 46.6 Å². The first-order valence-corrected chi connectivity index (χ1v) is 10.6. The standard InChI is InChI=1S/C25H34FN3O/c1-7-21(22-11-9-10-12-23(22)26)25(19(5)27-8-2)20(6)28-13-15-29(16-14-28)24(30)17-18(3)4/h7-12,18H,2,13-17H2,1,3-6H3/b21-7-,25-20-,27-19?. The molecule has 162 valence electrons. The number of piperazine rings is 1. The monoisotopic (exact) mass is 411 g/mol. The SMILES string of the molecule is C=CN=C(C)C(/C(=C\C)c1ccccc1F)=C(\C)N1CCN(C(=O)CC(C)C)CC1. The molecule has 0 spiro atoms. The van der Waals surface area contributed by atoms with Gasteiger partial charge in [0, 0.05) is 61.3 Å². The Hall–Kier alpha value is -2.69. The van der Waals surface area contributed by atoms with Crippen LogP contribution in [0.2, 0.25) is 0 Å². The normalized spacial score (nSPS) is 16.6. The predicted octanol–water partition coefficient (Wildman–Crippen LogP) is 5.30. The molecule has 1 heterocycles. The number of halogens is 1. The number of aliphatic imine (C=N–C) groups is 1. The van der Waals surface area contributed by atoms with E-state index in [4.69, 9.17) is 0 Å². The van der Waals surface area contributed by atoms with E-state index in [9.17, 15) is 9.18 Å². The van der Waals surface area contributed by atoms with Gasteiger partial charge in [0.25, 0.3) is 0 Å². The van der Waals surface area contributed by atoms with Crippen molar-refractivity contribution in [3.63, 3.8) is 0 Å². The van der Waals surface area contributed by atoms with E-state index in [0.29, 0.717) is 31.0 Å². The van der Waals surface area contributed by atoms with Gasteiger partial charge < -0.3 is 9.80 Å². The minimum absolute atomic E-state index is 0.219. The van der Waals surface area contributed by atoms with Crippen LogP contribution in [-0.2, 0) is 4.79 Å². The van der Waals surface area contributed by atoms with Gasteiger partial charge in [-0.25, -0.2) is 4.39 Å². The molecule has 0 aromatic heterocycles. The van der Waals surface area contributed by atoms with Crippen LogP contribution in [0.4, 0.5) is 4.39 Å². The maximum Gasteiger partial charge on any atom is 0.222 e. The van der Waals surface area contributed by atoms with Gasteiger partial charge in [-0.2, -0.15) is 0 Å². The van der Waals surface area contributed by atoms with E-state index < -0.39 is 0 Å². The number of benzene rings is 1. The largest absolute Gasteiger partial charge is 0.371 e. The molecule has 0 aliphatic carbocycles. The third-order valence-corrected chi connectivity index (χ3v) is 5.42. The zero-order valence-electron chi connectivity index (χ0n) is 18.9. The van der Waals surface area contributed by atoms with E-state index in [1.54, 1.807) is 12.1 Å². The third-order valence-electron chi connectivity index (χ3n) is 5.42. The molecule has 0 unspecified atom stereocenters. The Balaban J connectivity index is 2.37. The summed E-state index contributed by atoms with van der Waals surface area (Å²) in [5.41, 5.74) is 4.10. The van der Waals surface area contributed by atoms with Crippen molar-refractivity contribution in [3.05, 3.63) is 65.8 Å². The Morgan fingerprint density at radius 2 is 1.77 bits per heavy atom. The molecule has 1 aromatic rings. The summed E-state index contributed by atoms with van der Waals surface area (Å²) in [4.78, 5) is 21.0. The average Bonchev–Trinajstić information content (AvgIpc) is 2.72. The topological polar surface area (TPSA) is 35.9 Å². The lowest BCUT2D eigenvalue weighted by Gasteiger charge is -2.38. The molecule has 0 saturated carbocycles. The molecule has 0 radical (unpaired) electrons. The van der Waals surface area contributed by atoms with Crippen molar-refractivity contribution in [1.82, 2.24) is 9.80 Å². The van der Waals surface area contributed by atoms with Gasteiger partial charge in [0.15, 0.2) is 0 Å². The Morgan fingerprint density at radius 1 is 1.17 bits per heavy atom. The first-order valence-electron chi connectivity index (χ1n) is 10.6. The second-order valence-electron chi connectivity index (χ2n) is 8.01. The van der Waals surface area contributed by atoms with Crippen LogP contribution in [-0.4, -0.2) is 47.6 Å². The smallest absolute Gasteiger partial charge is 0.222 e. The van der Waals surface area contributed by atoms with Crippen molar-refractivity contribution in [3.8, 4) is 0 Å². The van der Waals surface area contributed by atoms with Crippen molar-refractivity contribution in [1.29, 1.82) is 0 Å². The summed E-state index contributed by atoms with van der Waals surface area (Å²) in [6.07, 6.45) is 4.03. The lowest BCUT2D eigenvalue weighted by atomic mass is 9.92. The molecule has 0 bridgehead atoms. The van der Waals surface area contributed by atoms with Gasteiger partial charge in [0.05, 0.1) is 0 Å². The highest BCUT2D eigenvalue weighted by molar-refractivity contribution is 6.12. The number of carbonyl (C=O) groups is 1. The highest BCUT2D eigenvalue weighted by Gasteiger charge is 2.25. The molecule has 5 heteroatoms. The molecule has 0 N–H and O–H groups in total. The van der Waals surface area contributed by atoms with Gasteiger partial charge >= 0.3 is 0 Å². The zero-order chi connectivity index (χ0) is 22.3. The van der Waals surface area contributed by atoms with Gasteiger partial charge in [-0.15, -0.1) is 0 Å². The zero-order valence-corrected chi connectivity index (χ0v) is 18.9. The molecule has 1 fully saturated rings. The van der Waals surface area contributed by atoms with Crippen LogP contribution in [0.25, 0.3) is 5.57 Å². The number of amides is 1. The van der Waals surface area contributed by atoms with Gasteiger partial charge in [0.1, 0.15) is 5.82 Å². The summed E-state index contributed by atoms with van der Waals surface area (Å²) in [6.45, 7) is 16.6. The van der Waals surface area contributed by atoms with Crippen LogP contribution in [0, 0.1) is 11.7 Å². The number of carbonyl (C=O) groups excluding carboxylic acids is 1. The number of rotatable bonds is 7. The molecular weight excluding hydrogens is 377 g/mol. The van der Waals surface area contributed by atoms with Crippen molar-refractivity contribution >= 4 is 17.2 Å². The molecule has 1 saturated heterocycles. The number of nitrogens with zero attached hydrogens (tertiary/aromatic N) is 3. The Labute approximate surface area is 180 Å². The number of allylic oxidation sites excluding steroid dienone is 4. The predicted molar refractivity (Wildman–Crippen MR) is 124 cm³/mol. The summed E-state index contributed by atoms with van der Waals surface area (Å²) in [5, 5.41) is 0. The minimum atomic E-state index is -0.258. The second-order valence-corrected chi connectivity index (χ2v) is 8.01. The van der Waals surface area contributed by atoms with Gasteiger partial charge in [-0.05, 0) is 38.3 Å². The third kappa shape index (κ3) is 5.68. The first-order chi connectivity index (χ1) is 14.3. The van der Waals surface area contributed by atoms with Crippen LogP contribution in [0.15, 0.2) is 59.4 Å². The summed E-state index contributed by atoms with van der Waals surface area (Å²) in [5.74, 6) is 0.322. The number of hydrogen-bond donors (Lipinski definition) is 0.